The Labute approximate surface area is 78.9 Å². The van der Waals surface area contributed by atoms with Gasteiger partial charge < -0.3 is 10.5 Å². The Bertz CT molecular complexity index is 168. The van der Waals surface area contributed by atoms with Crippen LogP contribution >= 0.6 is 0 Å². The van der Waals surface area contributed by atoms with Crippen molar-refractivity contribution in [1.82, 2.24) is 0 Å². The lowest BCUT2D eigenvalue weighted by Gasteiger charge is -2.12. The molecule has 0 aromatic rings. The summed E-state index contributed by atoms with van der Waals surface area (Å²) >= 11 is 0. The van der Waals surface area contributed by atoms with Crippen molar-refractivity contribution < 1.29 is 4.74 Å². The minimum atomic E-state index is 0.279. The number of hydrogen-bond donors (Lipinski definition) is 1. The molecule has 0 aromatic carbocycles. The molecule has 2 N–H and O–H groups in total. The van der Waals surface area contributed by atoms with Gasteiger partial charge in [-0.2, -0.15) is 0 Å². The predicted molar refractivity (Wildman–Crippen MR) is 52.2 cm³/mol. The summed E-state index contributed by atoms with van der Waals surface area (Å²) in [5.41, 5.74) is 13.5. The summed E-state index contributed by atoms with van der Waals surface area (Å²) in [7, 11) is 0. The molecule has 0 aliphatic carbocycles. The Balaban J connectivity index is 3.36. The number of nitrogens with two attached hydrogens (primary N) is 1. The molecule has 0 saturated carbocycles. The summed E-state index contributed by atoms with van der Waals surface area (Å²) in [6.07, 6.45) is 0. The predicted octanol–water partition coefficient (Wildman–Crippen LogP) is 1.54. The highest BCUT2D eigenvalue weighted by molar-refractivity contribution is 4.57. The third-order valence-electron chi connectivity index (χ3n) is 1.66. The van der Waals surface area contributed by atoms with Crippen LogP contribution in [-0.4, -0.2) is 26.3 Å². The highest BCUT2D eigenvalue weighted by Gasteiger charge is 2.02. The van der Waals surface area contributed by atoms with Gasteiger partial charge in [-0.3, -0.25) is 0 Å². The van der Waals surface area contributed by atoms with Crippen molar-refractivity contribution in [2.75, 3.05) is 26.3 Å². The lowest BCUT2D eigenvalue weighted by atomic mass is 10.2. The third-order valence-corrected chi connectivity index (χ3v) is 1.66. The van der Waals surface area contributed by atoms with Gasteiger partial charge in [0.05, 0.1) is 6.61 Å². The zero-order valence-corrected chi connectivity index (χ0v) is 8.31. The summed E-state index contributed by atoms with van der Waals surface area (Å²) in [5.74, 6) is 0.674. The van der Waals surface area contributed by atoms with Crippen molar-refractivity contribution in [3.8, 4) is 0 Å². The van der Waals surface area contributed by atoms with Crippen LogP contribution in [0.2, 0.25) is 0 Å². The van der Waals surface area contributed by atoms with E-state index in [-0.39, 0.29) is 5.92 Å². The third kappa shape index (κ3) is 7.59. The van der Waals surface area contributed by atoms with Gasteiger partial charge in [0.2, 0.25) is 0 Å². The minimum Gasteiger partial charge on any atom is -0.381 e. The molecular formula is C8H18N4O. The quantitative estimate of drug-likeness (QED) is 0.371. The maximum absolute atomic E-state index is 8.07. The number of rotatable bonds is 7. The number of ether oxygens (including phenoxy) is 1. The highest BCUT2D eigenvalue weighted by Crippen LogP contribution is 1.99. The van der Waals surface area contributed by atoms with Gasteiger partial charge in [-0.05, 0) is 23.9 Å². The second kappa shape index (κ2) is 7.86. The van der Waals surface area contributed by atoms with Gasteiger partial charge in [0.15, 0.2) is 0 Å². The first kappa shape index (κ1) is 12.2. The zero-order chi connectivity index (χ0) is 10.1. The van der Waals surface area contributed by atoms with Crippen LogP contribution < -0.4 is 5.73 Å². The van der Waals surface area contributed by atoms with E-state index in [4.69, 9.17) is 16.0 Å². The average Bonchev–Trinajstić information content (AvgIpc) is 2.14. The molecular weight excluding hydrogens is 168 g/mol. The summed E-state index contributed by atoms with van der Waals surface area (Å²) < 4.78 is 5.38. The first-order chi connectivity index (χ1) is 6.20. The van der Waals surface area contributed by atoms with Crippen LogP contribution in [0.4, 0.5) is 0 Å². The monoisotopic (exact) mass is 186 g/mol. The topological polar surface area (TPSA) is 84.0 Å². The molecule has 0 aliphatic rings. The van der Waals surface area contributed by atoms with Gasteiger partial charge in [0.25, 0.3) is 0 Å². The van der Waals surface area contributed by atoms with E-state index < -0.39 is 0 Å². The normalized spacial score (nSPS) is 14.7. The zero-order valence-electron chi connectivity index (χ0n) is 8.31. The van der Waals surface area contributed by atoms with Crippen molar-refractivity contribution in [2.45, 2.75) is 13.8 Å². The van der Waals surface area contributed by atoms with Crippen LogP contribution in [0.5, 0.6) is 0 Å². The number of nitrogens with zero attached hydrogens (tertiary/aromatic N) is 3. The highest BCUT2D eigenvalue weighted by atomic mass is 16.5. The molecule has 76 valence electrons. The fourth-order valence-corrected chi connectivity index (χ4v) is 0.767. The van der Waals surface area contributed by atoms with Crippen LogP contribution in [0.15, 0.2) is 5.11 Å². The van der Waals surface area contributed by atoms with Gasteiger partial charge >= 0.3 is 0 Å². The van der Waals surface area contributed by atoms with Crippen LogP contribution in [0.1, 0.15) is 13.8 Å². The first-order valence-electron chi connectivity index (χ1n) is 4.49. The Morgan fingerprint density at radius 2 is 2.00 bits per heavy atom. The fraction of sp³-hybridized carbons (Fsp3) is 1.00. The van der Waals surface area contributed by atoms with Crippen molar-refractivity contribution in [1.29, 1.82) is 0 Å². The van der Waals surface area contributed by atoms with Crippen LogP contribution in [-0.2, 0) is 4.74 Å². The molecule has 0 spiro atoms. The number of hydrogen-bond acceptors (Lipinski definition) is 3. The lowest BCUT2D eigenvalue weighted by Crippen LogP contribution is -2.19. The van der Waals surface area contributed by atoms with E-state index in [1.165, 1.54) is 0 Å². The van der Waals surface area contributed by atoms with E-state index in [1.54, 1.807) is 0 Å². The van der Waals surface area contributed by atoms with E-state index in [0.717, 1.165) is 0 Å². The molecule has 0 aliphatic heterocycles. The Morgan fingerprint density at radius 3 is 2.54 bits per heavy atom. The second-order valence-corrected chi connectivity index (χ2v) is 3.40. The molecule has 0 bridgehead atoms. The van der Waals surface area contributed by atoms with Gasteiger partial charge in [-0.1, -0.05) is 19.0 Å². The molecule has 13 heavy (non-hydrogen) atoms. The summed E-state index contributed by atoms with van der Waals surface area (Å²) in [4.78, 5) is 2.68. The molecule has 0 aromatic heterocycles. The molecule has 0 fully saturated rings. The van der Waals surface area contributed by atoms with Crippen LogP contribution in [0.3, 0.4) is 0 Å². The second-order valence-electron chi connectivity index (χ2n) is 3.40. The van der Waals surface area contributed by atoms with E-state index >= 15 is 0 Å². The standard InChI is InChI=1S/C8H18N4O/c1-7(3-9)5-13-6-8(2)4-11-12-10/h7-8H,3-6,9H2,1-2H3. The molecule has 2 atom stereocenters. The van der Waals surface area contributed by atoms with Crippen molar-refractivity contribution in [3.63, 3.8) is 0 Å². The van der Waals surface area contributed by atoms with E-state index in [1.807, 2.05) is 13.8 Å². The molecule has 5 nitrogen and oxygen atoms in total. The average molecular weight is 186 g/mol. The van der Waals surface area contributed by atoms with Crippen molar-refractivity contribution >= 4 is 0 Å². The molecule has 0 amide bonds. The van der Waals surface area contributed by atoms with Gasteiger partial charge in [0, 0.05) is 18.1 Å². The lowest BCUT2D eigenvalue weighted by molar-refractivity contribution is 0.0839. The summed E-state index contributed by atoms with van der Waals surface area (Å²) in [6.45, 7) is 6.47. The van der Waals surface area contributed by atoms with Gasteiger partial charge in [-0.15, -0.1) is 0 Å². The van der Waals surface area contributed by atoms with Crippen molar-refractivity contribution in [3.05, 3.63) is 10.4 Å². The largest absolute Gasteiger partial charge is 0.381 e. The minimum absolute atomic E-state index is 0.279. The molecule has 0 saturated heterocycles. The SMILES string of the molecule is CC(CN)COCC(C)CN=[N+]=[N-]. The Kier molecular flexibility index (Phi) is 7.39. The molecule has 2 unspecified atom stereocenters. The number of azide groups is 1. The fourth-order valence-electron chi connectivity index (χ4n) is 0.767. The van der Waals surface area contributed by atoms with Crippen molar-refractivity contribution in [2.24, 2.45) is 22.7 Å². The van der Waals surface area contributed by atoms with E-state index in [0.29, 0.717) is 32.2 Å². The van der Waals surface area contributed by atoms with Gasteiger partial charge in [-0.25, -0.2) is 0 Å². The van der Waals surface area contributed by atoms with Crippen LogP contribution in [0, 0.1) is 11.8 Å². The van der Waals surface area contributed by atoms with E-state index in [2.05, 4.69) is 10.0 Å². The maximum Gasteiger partial charge on any atom is 0.0503 e. The molecule has 5 heteroatoms. The Hall–Kier alpha value is -0.770. The smallest absolute Gasteiger partial charge is 0.0503 e. The van der Waals surface area contributed by atoms with Crippen LogP contribution in [0.25, 0.3) is 10.4 Å². The maximum atomic E-state index is 8.07. The summed E-state index contributed by atoms with van der Waals surface area (Å²) in [5, 5.41) is 3.47. The van der Waals surface area contributed by atoms with Gasteiger partial charge in [0.1, 0.15) is 0 Å². The first-order valence-corrected chi connectivity index (χ1v) is 4.49. The Morgan fingerprint density at radius 1 is 1.38 bits per heavy atom. The van der Waals surface area contributed by atoms with E-state index in [9.17, 15) is 0 Å². The molecule has 0 rings (SSSR count). The molecule has 0 radical (unpaired) electrons. The summed E-state index contributed by atoms with van der Waals surface area (Å²) in [6, 6.07) is 0. The molecule has 0 heterocycles.